The van der Waals surface area contributed by atoms with Crippen LogP contribution >= 0.6 is 23.4 Å². The van der Waals surface area contributed by atoms with Gasteiger partial charge in [-0.05, 0) is 24.6 Å². The molecule has 4 nitrogen and oxygen atoms in total. The number of hydrogen-bond donors (Lipinski definition) is 1. The second-order valence-electron chi connectivity index (χ2n) is 5.79. The quantitative estimate of drug-likeness (QED) is 0.609. The monoisotopic (exact) mass is 385 g/mol. The molecule has 2 aromatic carbocycles. The van der Waals surface area contributed by atoms with E-state index in [0.29, 0.717) is 23.0 Å². The molecule has 0 bridgehead atoms. The molecule has 0 saturated heterocycles. The Hall–Kier alpha value is -2.24. The Bertz CT molecular complexity index is 866. The Labute approximate surface area is 162 Å². The second-order valence-corrected chi connectivity index (χ2v) is 7.26. The fourth-order valence-corrected chi connectivity index (χ4v) is 3.76. The second kappa shape index (κ2) is 8.92. The average Bonchev–Trinajstić information content (AvgIpc) is 2.97. The van der Waals surface area contributed by atoms with Crippen molar-refractivity contribution in [2.24, 2.45) is 0 Å². The van der Waals surface area contributed by atoms with E-state index in [4.69, 9.17) is 11.6 Å². The van der Waals surface area contributed by atoms with Crippen molar-refractivity contribution in [1.29, 1.82) is 0 Å². The smallest absolute Gasteiger partial charge is 0.256 e. The van der Waals surface area contributed by atoms with Crippen LogP contribution in [0.15, 0.2) is 60.7 Å². The van der Waals surface area contributed by atoms with Gasteiger partial charge in [-0.25, -0.2) is 4.68 Å². The zero-order valence-corrected chi connectivity index (χ0v) is 16.1. The maximum Gasteiger partial charge on any atom is 0.256 e. The van der Waals surface area contributed by atoms with Crippen LogP contribution in [0.5, 0.6) is 0 Å². The van der Waals surface area contributed by atoms with Crippen molar-refractivity contribution in [3.05, 3.63) is 82.6 Å². The topological polar surface area (TPSA) is 46.9 Å². The highest BCUT2D eigenvalue weighted by Crippen LogP contribution is 2.23. The zero-order chi connectivity index (χ0) is 18.4. The lowest BCUT2D eigenvalue weighted by Gasteiger charge is -2.06. The van der Waals surface area contributed by atoms with Gasteiger partial charge in [-0.1, -0.05) is 60.1 Å². The number of hydrogen-bond acceptors (Lipinski definition) is 3. The minimum Gasteiger partial charge on any atom is -0.351 e. The predicted octanol–water partition coefficient (Wildman–Crippen LogP) is 4.50. The summed E-state index contributed by atoms with van der Waals surface area (Å²) in [5, 5.41) is 7.67. The SMILES string of the molecule is Cc1nn(-c2ccccc2)c(Cl)c1C(=O)NCCSCc1ccccc1. The van der Waals surface area contributed by atoms with E-state index in [1.807, 2.05) is 48.5 Å². The van der Waals surface area contributed by atoms with Gasteiger partial charge >= 0.3 is 0 Å². The highest BCUT2D eigenvalue weighted by molar-refractivity contribution is 7.98. The third-order valence-electron chi connectivity index (χ3n) is 3.88. The largest absolute Gasteiger partial charge is 0.351 e. The van der Waals surface area contributed by atoms with Crippen LogP contribution in [-0.4, -0.2) is 28.0 Å². The lowest BCUT2D eigenvalue weighted by Crippen LogP contribution is -2.26. The van der Waals surface area contributed by atoms with Crippen molar-refractivity contribution in [3.8, 4) is 5.69 Å². The van der Waals surface area contributed by atoms with Crippen molar-refractivity contribution >= 4 is 29.3 Å². The summed E-state index contributed by atoms with van der Waals surface area (Å²) in [4.78, 5) is 12.5. The van der Waals surface area contributed by atoms with Gasteiger partial charge in [0.15, 0.2) is 0 Å². The van der Waals surface area contributed by atoms with Crippen molar-refractivity contribution in [2.75, 3.05) is 12.3 Å². The van der Waals surface area contributed by atoms with Crippen LogP contribution in [0.25, 0.3) is 5.69 Å². The van der Waals surface area contributed by atoms with Crippen LogP contribution in [0.1, 0.15) is 21.6 Å². The number of benzene rings is 2. The number of nitrogens with one attached hydrogen (secondary N) is 1. The van der Waals surface area contributed by atoms with Crippen molar-refractivity contribution in [2.45, 2.75) is 12.7 Å². The molecule has 1 aromatic heterocycles. The fraction of sp³-hybridized carbons (Fsp3) is 0.200. The maximum atomic E-state index is 12.5. The minimum atomic E-state index is -0.185. The minimum absolute atomic E-state index is 0.185. The first-order valence-electron chi connectivity index (χ1n) is 8.37. The van der Waals surface area contributed by atoms with Crippen LogP contribution in [0, 0.1) is 6.92 Å². The molecule has 0 aliphatic heterocycles. The first-order chi connectivity index (χ1) is 12.7. The first kappa shape index (κ1) is 18.5. The molecule has 0 radical (unpaired) electrons. The molecule has 0 atom stereocenters. The highest BCUT2D eigenvalue weighted by atomic mass is 35.5. The number of halogens is 1. The molecule has 1 amide bonds. The Morgan fingerprint density at radius 1 is 1.12 bits per heavy atom. The number of nitrogens with zero attached hydrogens (tertiary/aromatic N) is 2. The normalized spacial score (nSPS) is 10.7. The van der Waals surface area contributed by atoms with Crippen LogP contribution in [0.3, 0.4) is 0 Å². The van der Waals surface area contributed by atoms with Gasteiger partial charge in [0.05, 0.1) is 16.9 Å². The van der Waals surface area contributed by atoms with Crippen LogP contribution in [0.4, 0.5) is 0 Å². The Balaban J connectivity index is 1.56. The molecule has 3 aromatic rings. The van der Waals surface area contributed by atoms with Gasteiger partial charge in [0, 0.05) is 18.1 Å². The summed E-state index contributed by atoms with van der Waals surface area (Å²) < 4.78 is 1.59. The standard InChI is InChI=1S/C20H20ClN3OS/c1-15-18(19(21)24(23-15)17-10-6-3-7-11-17)20(25)22-12-13-26-14-16-8-4-2-5-9-16/h2-11H,12-14H2,1H3,(H,22,25). The van der Waals surface area contributed by atoms with Crippen LogP contribution in [-0.2, 0) is 5.75 Å². The van der Waals surface area contributed by atoms with Crippen LogP contribution < -0.4 is 5.32 Å². The van der Waals surface area contributed by atoms with E-state index in [2.05, 4.69) is 22.5 Å². The summed E-state index contributed by atoms with van der Waals surface area (Å²) in [5.41, 5.74) is 3.17. The number of para-hydroxylation sites is 1. The summed E-state index contributed by atoms with van der Waals surface area (Å²) >= 11 is 8.20. The summed E-state index contributed by atoms with van der Waals surface area (Å²) in [7, 11) is 0. The van der Waals surface area contributed by atoms with Gasteiger partial charge in [0.1, 0.15) is 5.15 Å². The zero-order valence-electron chi connectivity index (χ0n) is 14.5. The van der Waals surface area contributed by atoms with E-state index >= 15 is 0 Å². The molecular weight excluding hydrogens is 366 g/mol. The van der Waals surface area contributed by atoms with Crippen molar-refractivity contribution in [1.82, 2.24) is 15.1 Å². The molecule has 0 fully saturated rings. The van der Waals surface area contributed by atoms with Gasteiger partial charge in [0.2, 0.25) is 0 Å². The molecule has 0 aliphatic rings. The third kappa shape index (κ3) is 4.48. The molecule has 134 valence electrons. The van der Waals surface area contributed by atoms with Gasteiger partial charge in [0.25, 0.3) is 5.91 Å². The van der Waals surface area contributed by atoms with Crippen molar-refractivity contribution < 1.29 is 4.79 Å². The Morgan fingerprint density at radius 3 is 2.46 bits per heavy atom. The maximum absolute atomic E-state index is 12.5. The van der Waals surface area contributed by atoms with E-state index in [9.17, 15) is 4.79 Å². The van der Waals surface area contributed by atoms with E-state index in [1.54, 1.807) is 23.4 Å². The molecule has 0 saturated carbocycles. The molecule has 6 heteroatoms. The molecule has 0 unspecified atom stereocenters. The van der Waals surface area contributed by atoms with E-state index in [0.717, 1.165) is 17.2 Å². The summed E-state index contributed by atoms with van der Waals surface area (Å²) in [6.45, 7) is 2.38. The molecular formula is C20H20ClN3OS. The highest BCUT2D eigenvalue weighted by Gasteiger charge is 2.20. The van der Waals surface area contributed by atoms with Crippen LogP contribution in [0.2, 0.25) is 5.15 Å². The number of aromatic nitrogens is 2. The van der Waals surface area contributed by atoms with E-state index in [1.165, 1.54) is 5.56 Å². The first-order valence-corrected chi connectivity index (χ1v) is 9.90. The Kier molecular flexibility index (Phi) is 6.36. The van der Waals surface area contributed by atoms with E-state index in [-0.39, 0.29) is 5.91 Å². The van der Waals surface area contributed by atoms with Crippen molar-refractivity contribution in [3.63, 3.8) is 0 Å². The van der Waals surface area contributed by atoms with Gasteiger partial charge in [-0.15, -0.1) is 0 Å². The average molecular weight is 386 g/mol. The number of aryl methyl sites for hydroxylation is 1. The molecule has 3 rings (SSSR count). The lowest BCUT2D eigenvalue weighted by molar-refractivity contribution is 0.0955. The molecule has 1 N–H and O–H groups in total. The molecule has 0 spiro atoms. The number of amides is 1. The summed E-state index contributed by atoms with van der Waals surface area (Å²) in [6, 6.07) is 19.8. The number of carbonyl (C=O) groups excluding carboxylic acids is 1. The molecule has 26 heavy (non-hydrogen) atoms. The van der Waals surface area contributed by atoms with Gasteiger partial charge in [-0.2, -0.15) is 16.9 Å². The third-order valence-corrected chi connectivity index (χ3v) is 5.25. The number of rotatable bonds is 7. The number of thioether (sulfide) groups is 1. The van der Waals surface area contributed by atoms with E-state index < -0.39 is 0 Å². The predicted molar refractivity (Wildman–Crippen MR) is 108 cm³/mol. The molecule has 0 aliphatic carbocycles. The molecule has 1 heterocycles. The Morgan fingerprint density at radius 2 is 1.77 bits per heavy atom. The lowest BCUT2D eigenvalue weighted by atomic mass is 10.2. The number of carbonyl (C=O) groups is 1. The van der Waals surface area contributed by atoms with Gasteiger partial charge in [-0.3, -0.25) is 4.79 Å². The van der Waals surface area contributed by atoms with Gasteiger partial charge < -0.3 is 5.32 Å². The fourth-order valence-electron chi connectivity index (χ4n) is 2.59. The summed E-state index contributed by atoms with van der Waals surface area (Å²) in [5.74, 6) is 1.59. The summed E-state index contributed by atoms with van der Waals surface area (Å²) in [6.07, 6.45) is 0.